The molecule has 156 valence electrons. The van der Waals surface area contributed by atoms with Crippen LogP contribution in [-0.4, -0.2) is 26.9 Å². The van der Waals surface area contributed by atoms with Gasteiger partial charge in [0.15, 0.2) is 0 Å². The molecule has 0 fully saturated rings. The number of rotatable bonds is 6. The lowest BCUT2D eigenvalue weighted by Crippen LogP contribution is -2.41. The summed E-state index contributed by atoms with van der Waals surface area (Å²) in [6, 6.07) is 7.18. The molecule has 2 aromatic rings. The molecule has 3 rings (SSSR count). The fourth-order valence-corrected chi connectivity index (χ4v) is 5.16. The van der Waals surface area contributed by atoms with Gasteiger partial charge in [0.1, 0.15) is 0 Å². The van der Waals surface area contributed by atoms with Crippen LogP contribution in [-0.2, 0) is 27.6 Å². The number of hydrazine groups is 1. The molecule has 0 atom stereocenters. The average molecular weight is 437 g/mol. The summed E-state index contributed by atoms with van der Waals surface area (Å²) in [6.07, 6.45) is 6.55. The van der Waals surface area contributed by atoms with E-state index in [0.29, 0.717) is 4.88 Å². The molecule has 0 unspecified atom stereocenters. The standard InChI is InChI=1S/C20H24N2O5S2/c1-2-27-20(24)14-9-11-16(12-10-14)29(25,26)22-21-19(23)18-13-15-7-5-3-4-6-8-17(15)28-18/h9-13,22H,2-8H2,1H3,(H,21,23). The molecule has 1 amide bonds. The molecule has 0 saturated carbocycles. The first-order chi connectivity index (χ1) is 13.9. The van der Waals surface area contributed by atoms with Crippen LogP contribution in [0, 0.1) is 0 Å². The second-order valence-corrected chi connectivity index (χ2v) is 9.60. The molecule has 9 heteroatoms. The molecule has 0 bridgehead atoms. The van der Waals surface area contributed by atoms with E-state index in [2.05, 4.69) is 10.3 Å². The van der Waals surface area contributed by atoms with Crippen molar-refractivity contribution < 1.29 is 22.7 Å². The molecule has 1 heterocycles. The van der Waals surface area contributed by atoms with Gasteiger partial charge in [0.05, 0.1) is 21.9 Å². The maximum absolute atomic E-state index is 12.4. The van der Waals surface area contributed by atoms with Crippen LogP contribution >= 0.6 is 11.3 Å². The van der Waals surface area contributed by atoms with Crippen LogP contribution in [0.25, 0.3) is 0 Å². The van der Waals surface area contributed by atoms with E-state index in [-0.39, 0.29) is 17.1 Å². The van der Waals surface area contributed by atoms with E-state index in [4.69, 9.17) is 4.74 Å². The molecule has 0 spiro atoms. The number of ether oxygens (including phenoxy) is 1. The second-order valence-electron chi connectivity index (χ2n) is 6.78. The predicted molar refractivity (Wildman–Crippen MR) is 110 cm³/mol. The number of amides is 1. The quantitative estimate of drug-likeness (QED) is 0.535. The molecule has 0 aliphatic heterocycles. The fraction of sp³-hybridized carbons (Fsp3) is 0.400. The highest BCUT2D eigenvalue weighted by molar-refractivity contribution is 7.89. The first kappa shape index (κ1) is 21.5. The third kappa shape index (κ3) is 5.43. The number of hydrogen-bond donors (Lipinski definition) is 2. The predicted octanol–water partition coefficient (Wildman–Crippen LogP) is 3.21. The van der Waals surface area contributed by atoms with Crippen molar-refractivity contribution >= 4 is 33.2 Å². The van der Waals surface area contributed by atoms with Crippen molar-refractivity contribution in [2.75, 3.05) is 6.61 Å². The maximum Gasteiger partial charge on any atom is 0.338 e. The molecule has 0 saturated heterocycles. The van der Waals surface area contributed by atoms with Gasteiger partial charge >= 0.3 is 5.97 Å². The van der Waals surface area contributed by atoms with Crippen molar-refractivity contribution in [1.29, 1.82) is 0 Å². The molecule has 2 N–H and O–H groups in total. The summed E-state index contributed by atoms with van der Waals surface area (Å²) in [5.74, 6) is -1.00. The number of esters is 1. The maximum atomic E-state index is 12.4. The van der Waals surface area contributed by atoms with Crippen LogP contribution in [0.3, 0.4) is 0 Å². The number of hydrogen-bond acceptors (Lipinski definition) is 6. The van der Waals surface area contributed by atoms with Gasteiger partial charge in [0.2, 0.25) is 0 Å². The molecule has 1 aliphatic carbocycles. The summed E-state index contributed by atoms with van der Waals surface area (Å²) < 4.78 is 29.7. The van der Waals surface area contributed by atoms with Gasteiger partial charge in [0, 0.05) is 4.88 Å². The number of fused-ring (bicyclic) bond motifs is 1. The lowest BCUT2D eigenvalue weighted by molar-refractivity contribution is 0.0526. The first-order valence-electron chi connectivity index (χ1n) is 9.61. The Kier molecular flexibility index (Phi) is 7.05. The van der Waals surface area contributed by atoms with Crippen molar-refractivity contribution in [3.63, 3.8) is 0 Å². The third-order valence-corrected chi connectivity index (χ3v) is 7.19. The number of benzene rings is 1. The van der Waals surface area contributed by atoms with Crippen molar-refractivity contribution in [2.45, 2.75) is 50.3 Å². The van der Waals surface area contributed by atoms with E-state index in [1.807, 2.05) is 6.07 Å². The lowest BCUT2D eigenvalue weighted by atomic mass is 10.00. The van der Waals surface area contributed by atoms with E-state index in [1.165, 1.54) is 58.9 Å². The molecule has 1 aromatic carbocycles. The Morgan fingerprint density at radius 1 is 1.07 bits per heavy atom. The van der Waals surface area contributed by atoms with E-state index >= 15 is 0 Å². The highest BCUT2D eigenvalue weighted by Gasteiger charge is 2.19. The van der Waals surface area contributed by atoms with Gasteiger partial charge in [-0.3, -0.25) is 10.2 Å². The topological polar surface area (TPSA) is 102 Å². The molecule has 29 heavy (non-hydrogen) atoms. The highest BCUT2D eigenvalue weighted by Crippen LogP contribution is 2.28. The molecule has 0 radical (unpaired) electrons. The van der Waals surface area contributed by atoms with Crippen molar-refractivity contribution in [1.82, 2.24) is 10.3 Å². The smallest absolute Gasteiger partial charge is 0.338 e. The van der Waals surface area contributed by atoms with E-state index in [0.717, 1.165) is 25.7 Å². The number of carbonyl (C=O) groups is 2. The molecular formula is C20H24N2O5S2. The minimum absolute atomic E-state index is 0.0655. The summed E-state index contributed by atoms with van der Waals surface area (Å²) in [7, 11) is -3.96. The molecule has 7 nitrogen and oxygen atoms in total. The average Bonchev–Trinajstić information content (AvgIpc) is 3.08. The number of sulfonamides is 1. The third-order valence-electron chi connectivity index (χ3n) is 4.70. The SMILES string of the molecule is CCOC(=O)c1ccc(S(=O)(=O)NNC(=O)c2cc3c(s2)CCCCCC3)cc1. The van der Waals surface area contributed by atoms with Crippen LogP contribution in [0.15, 0.2) is 35.2 Å². The van der Waals surface area contributed by atoms with Crippen molar-refractivity contribution in [2.24, 2.45) is 0 Å². The Hall–Kier alpha value is -2.23. The summed E-state index contributed by atoms with van der Waals surface area (Å²) in [4.78, 5) is 27.9. The normalized spacial score (nSPS) is 14.4. The summed E-state index contributed by atoms with van der Waals surface area (Å²) in [6.45, 7) is 1.93. The molecule has 1 aromatic heterocycles. The van der Waals surface area contributed by atoms with Gasteiger partial charge in [-0.25, -0.2) is 13.2 Å². The zero-order valence-electron chi connectivity index (χ0n) is 16.2. The van der Waals surface area contributed by atoms with Gasteiger partial charge in [-0.2, -0.15) is 0 Å². The van der Waals surface area contributed by atoms with Gasteiger partial charge in [-0.1, -0.05) is 12.8 Å². The highest BCUT2D eigenvalue weighted by atomic mass is 32.2. The summed E-state index contributed by atoms with van der Waals surface area (Å²) >= 11 is 1.42. The number of carbonyl (C=O) groups excluding carboxylic acids is 2. The second kappa shape index (κ2) is 9.51. The number of aryl methyl sites for hydroxylation is 2. The van der Waals surface area contributed by atoms with Crippen LogP contribution in [0.2, 0.25) is 0 Å². The van der Waals surface area contributed by atoms with Crippen LogP contribution in [0.1, 0.15) is 63.1 Å². The van der Waals surface area contributed by atoms with Gasteiger partial charge < -0.3 is 4.74 Å². The van der Waals surface area contributed by atoms with E-state index in [1.54, 1.807) is 6.92 Å². The van der Waals surface area contributed by atoms with E-state index in [9.17, 15) is 18.0 Å². The monoisotopic (exact) mass is 436 g/mol. The van der Waals surface area contributed by atoms with Crippen LogP contribution in [0.4, 0.5) is 0 Å². The van der Waals surface area contributed by atoms with Crippen LogP contribution in [0.5, 0.6) is 0 Å². The Morgan fingerprint density at radius 2 is 1.76 bits per heavy atom. The largest absolute Gasteiger partial charge is 0.462 e. The fourth-order valence-electron chi connectivity index (χ4n) is 3.17. The minimum atomic E-state index is -3.96. The van der Waals surface area contributed by atoms with Gasteiger partial charge in [-0.15, -0.1) is 16.2 Å². The van der Waals surface area contributed by atoms with Gasteiger partial charge in [-0.05, 0) is 68.5 Å². The van der Waals surface area contributed by atoms with Crippen molar-refractivity contribution in [3.05, 3.63) is 51.2 Å². The first-order valence-corrected chi connectivity index (χ1v) is 11.9. The number of nitrogens with one attached hydrogen (secondary N) is 2. The number of thiophene rings is 1. The summed E-state index contributed by atoms with van der Waals surface area (Å²) in [5.41, 5.74) is 3.72. The zero-order chi connectivity index (χ0) is 20.9. The van der Waals surface area contributed by atoms with Crippen LogP contribution < -0.4 is 10.3 Å². The molecule has 1 aliphatic rings. The Labute approximate surface area is 174 Å². The molecular weight excluding hydrogens is 412 g/mol. The Balaban J connectivity index is 1.64. The van der Waals surface area contributed by atoms with E-state index < -0.39 is 21.9 Å². The van der Waals surface area contributed by atoms with Crippen molar-refractivity contribution in [3.8, 4) is 0 Å². The lowest BCUT2D eigenvalue weighted by Gasteiger charge is -2.08. The minimum Gasteiger partial charge on any atom is -0.462 e. The Morgan fingerprint density at radius 3 is 2.45 bits per heavy atom. The zero-order valence-corrected chi connectivity index (χ0v) is 17.8. The Bertz CT molecular complexity index is 955. The van der Waals surface area contributed by atoms with Gasteiger partial charge in [0.25, 0.3) is 15.9 Å². The summed E-state index contributed by atoms with van der Waals surface area (Å²) in [5, 5.41) is 0.